The molecule has 0 aliphatic carbocycles. The Hall–Kier alpha value is -4.57. The van der Waals surface area contributed by atoms with Crippen LogP contribution in [0.2, 0.25) is 0 Å². The maximum Gasteiger partial charge on any atom is 0.282 e. The van der Waals surface area contributed by atoms with Crippen LogP contribution in [0.5, 0.6) is 0 Å². The van der Waals surface area contributed by atoms with Crippen molar-refractivity contribution in [3.8, 4) is 0 Å². The number of nitrogens with one attached hydrogen (secondary N) is 4. The first-order valence-electron chi connectivity index (χ1n) is 8.75. The molecular weight excluding hydrogens is 476 g/mol. The summed E-state index contributed by atoms with van der Waals surface area (Å²) in [6.07, 6.45) is 0. The van der Waals surface area contributed by atoms with Crippen LogP contribution in [-0.2, 0) is 0 Å². The van der Waals surface area contributed by atoms with Gasteiger partial charge < -0.3 is 0 Å². The molecule has 0 saturated heterocycles. The van der Waals surface area contributed by atoms with Crippen LogP contribution in [0.3, 0.4) is 0 Å². The van der Waals surface area contributed by atoms with E-state index in [1.165, 1.54) is 48.5 Å². The fraction of sp³-hybridized carbons (Fsp3) is 0. The third-order valence-corrected chi connectivity index (χ3v) is 4.80. The summed E-state index contributed by atoms with van der Waals surface area (Å²) in [7, 11) is 0. The standard InChI is InChI=1S/C17H12N8O6S2/c26-13(9-5-1-3-7-11(9)24(28)29)18-15(32)20-22-17-23-21-16(33-17)19-14(27)10-6-2-4-8-12(10)25(30)31/h1-8H,(H,22,23)(H,19,21,27)(H2,18,20,26,32). The molecule has 3 rings (SSSR count). The highest BCUT2D eigenvalue weighted by atomic mass is 32.1. The fourth-order valence-electron chi connectivity index (χ4n) is 2.45. The molecule has 2 amide bonds. The van der Waals surface area contributed by atoms with Gasteiger partial charge in [-0.2, -0.15) is 0 Å². The largest absolute Gasteiger partial charge is 0.297 e. The van der Waals surface area contributed by atoms with Crippen molar-refractivity contribution in [2.75, 3.05) is 10.7 Å². The maximum atomic E-state index is 12.3. The van der Waals surface area contributed by atoms with E-state index in [9.17, 15) is 29.8 Å². The third-order valence-electron chi connectivity index (χ3n) is 3.85. The van der Waals surface area contributed by atoms with E-state index in [1.54, 1.807) is 0 Å². The smallest absolute Gasteiger partial charge is 0.282 e. The van der Waals surface area contributed by atoms with Gasteiger partial charge in [-0.05, 0) is 24.4 Å². The molecule has 0 aliphatic rings. The number of amides is 2. The molecule has 0 unspecified atom stereocenters. The molecule has 3 aromatic rings. The van der Waals surface area contributed by atoms with Gasteiger partial charge in [0, 0.05) is 12.1 Å². The van der Waals surface area contributed by atoms with Gasteiger partial charge in [0.25, 0.3) is 23.2 Å². The van der Waals surface area contributed by atoms with E-state index in [0.29, 0.717) is 0 Å². The van der Waals surface area contributed by atoms with E-state index in [-0.39, 0.29) is 37.9 Å². The number of hydrogen-bond donors (Lipinski definition) is 4. The second-order valence-electron chi connectivity index (χ2n) is 5.95. The highest BCUT2D eigenvalue weighted by Crippen LogP contribution is 2.23. The van der Waals surface area contributed by atoms with Gasteiger partial charge >= 0.3 is 0 Å². The van der Waals surface area contributed by atoms with Crippen LogP contribution in [-0.4, -0.2) is 37.0 Å². The van der Waals surface area contributed by atoms with Gasteiger partial charge in [0.15, 0.2) is 5.11 Å². The number of carbonyl (C=O) groups excluding carboxylic acids is 2. The molecule has 0 aliphatic heterocycles. The summed E-state index contributed by atoms with van der Waals surface area (Å²) in [5, 5.41) is 34.2. The number of hydrogen-bond acceptors (Lipinski definition) is 11. The van der Waals surface area contributed by atoms with Crippen LogP contribution >= 0.6 is 23.6 Å². The van der Waals surface area contributed by atoms with Crippen LogP contribution in [0, 0.1) is 20.2 Å². The average molecular weight is 488 g/mol. The molecule has 4 N–H and O–H groups in total. The Bertz CT molecular complexity index is 1260. The lowest BCUT2D eigenvalue weighted by Gasteiger charge is -2.09. The molecule has 0 spiro atoms. The summed E-state index contributed by atoms with van der Waals surface area (Å²) >= 11 is 5.84. The van der Waals surface area contributed by atoms with Crippen molar-refractivity contribution in [1.29, 1.82) is 0 Å². The van der Waals surface area contributed by atoms with Gasteiger partial charge in [-0.15, -0.1) is 10.2 Å². The Morgan fingerprint density at radius 1 is 0.848 bits per heavy atom. The van der Waals surface area contributed by atoms with Gasteiger partial charge in [0.1, 0.15) is 11.1 Å². The zero-order valence-electron chi connectivity index (χ0n) is 16.2. The Morgan fingerprint density at radius 2 is 1.36 bits per heavy atom. The van der Waals surface area contributed by atoms with E-state index in [4.69, 9.17) is 12.2 Å². The molecule has 0 radical (unpaired) electrons. The monoisotopic (exact) mass is 488 g/mol. The molecule has 1 heterocycles. The Morgan fingerprint density at radius 3 is 1.94 bits per heavy atom. The molecule has 0 atom stereocenters. The summed E-state index contributed by atoms with van der Waals surface area (Å²) in [6.45, 7) is 0. The lowest BCUT2D eigenvalue weighted by atomic mass is 10.1. The molecule has 0 bridgehead atoms. The average Bonchev–Trinajstić information content (AvgIpc) is 3.24. The molecular formula is C17H12N8O6S2. The lowest BCUT2D eigenvalue weighted by Crippen LogP contribution is -2.42. The van der Waals surface area contributed by atoms with Crippen LogP contribution in [0.15, 0.2) is 48.5 Å². The number of anilines is 2. The van der Waals surface area contributed by atoms with Crippen molar-refractivity contribution in [2.45, 2.75) is 0 Å². The molecule has 14 nitrogen and oxygen atoms in total. The molecule has 16 heteroatoms. The predicted molar refractivity (Wildman–Crippen MR) is 121 cm³/mol. The topological polar surface area (TPSA) is 194 Å². The van der Waals surface area contributed by atoms with Gasteiger partial charge in [0.2, 0.25) is 10.3 Å². The summed E-state index contributed by atoms with van der Waals surface area (Å²) in [6, 6.07) is 10.8. The van der Waals surface area contributed by atoms with Gasteiger partial charge in [0.05, 0.1) is 9.85 Å². The minimum atomic E-state index is -0.795. The number of benzene rings is 2. The first-order valence-corrected chi connectivity index (χ1v) is 9.97. The van der Waals surface area contributed by atoms with Crippen LogP contribution in [0.4, 0.5) is 21.6 Å². The summed E-state index contributed by atoms with van der Waals surface area (Å²) in [5.41, 5.74) is 3.93. The van der Waals surface area contributed by atoms with Crippen molar-refractivity contribution in [3.63, 3.8) is 0 Å². The van der Waals surface area contributed by atoms with Crippen LogP contribution < -0.4 is 21.5 Å². The maximum absolute atomic E-state index is 12.3. The van der Waals surface area contributed by atoms with Crippen LogP contribution in [0.1, 0.15) is 20.7 Å². The summed E-state index contributed by atoms with van der Waals surface area (Å²) < 4.78 is 0. The first-order chi connectivity index (χ1) is 15.8. The van der Waals surface area contributed by atoms with E-state index in [2.05, 4.69) is 31.7 Å². The Balaban J connectivity index is 1.57. The zero-order valence-corrected chi connectivity index (χ0v) is 17.8. The Kier molecular flexibility index (Phi) is 7.11. The molecule has 33 heavy (non-hydrogen) atoms. The SMILES string of the molecule is O=C(NC(=S)NNc1nnc(NC(=O)c2ccccc2[N+](=O)[O-])s1)c1ccccc1[N+](=O)[O-]. The van der Waals surface area contributed by atoms with Crippen molar-refractivity contribution in [1.82, 2.24) is 20.9 Å². The number of thiocarbonyl (C=S) groups is 1. The molecule has 0 fully saturated rings. The minimum absolute atomic E-state index is 0.0392. The first kappa shape index (κ1) is 23.1. The van der Waals surface area contributed by atoms with Crippen molar-refractivity contribution < 1.29 is 19.4 Å². The van der Waals surface area contributed by atoms with Gasteiger partial charge in [-0.25, -0.2) is 0 Å². The van der Waals surface area contributed by atoms with E-state index in [0.717, 1.165) is 11.3 Å². The quantitative estimate of drug-likeness (QED) is 0.216. The Labute approximate surface area is 193 Å². The summed E-state index contributed by atoms with van der Waals surface area (Å²) in [5.74, 6) is -1.54. The number of carbonyl (C=O) groups is 2. The van der Waals surface area contributed by atoms with Crippen molar-refractivity contribution in [3.05, 3.63) is 79.9 Å². The van der Waals surface area contributed by atoms with Gasteiger partial charge in [-0.1, -0.05) is 35.6 Å². The number of nitro benzene ring substituents is 2. The normalized spacial score (nSPS) is 10.1. The second kappa shape index (κ2) is 10.2. The van der Waals surface area contributed by atoms with E-state index in [1.807, 2.05) is 0 Å². The zero-order chi connectivity index (χ0) is 24.0. The molecule has 168 valence electrons. The summed E-state index contributed by atoms with van der Waals surface area (Å²) in [4.78, 5) is 45.3. The molecule has 0 saturated carbocycles. The van der Waals surface area contributed by atoms with Gasteiger partial charge in [-0.3, -0.25) is 51.3 Å². The lowest BCUT2D eigenvalue weighted by molar-refractivity contribution is -0.385. The number of para-hydroxylation sites is 2. The number of nitrogens with zero attached hydrogens (tertiary/aromatic N) is 4. The number of aromatic nitrogens is 2. The third kappa shape index (κ3) is 5.77. The minimum Gasteiger partial charge on any atom is -0.297 e. The number of rotatable bonds is 7. The number of hydrazine groups is 1. The highest BCUT2D eigenvalue weighted by Gasteiger charge is 2.21. The van der Waals surface area contributed by atoms with E-state index < -0.39 is 21.7 Å². The number of nitro groups is 2. The fourth-order valence-corrected chi connectivity index (χ4v) is 3.19. The second-order valence-corrected chi connectivity index (χ2v) is 7.33. The molecule has 2 aromatic carbocycles. The van der Waals surface area contributed by atoms with Crippen molar-refractivity contribution >= 4 is 62.1 Å². The molecule has 1 aromatic heterocycles. The van der Waals surface area contributed by atoms with Crippen molar-refractivity contribution in [2.24, 2.45) is 0 Å². The van der Waals surface area contributed by atoms with E-state index >= 15 is 0 Å². The van der Waals surface area contributed by atoms with Crippen LogP contribution in [0.25, 0.3) is 0 Å². The highest BCUT2D eigenvalue weighted by molar-refractivity contribution is 7.80. The predicted octanol–water partition coefficient (Wildman–Crippen LogP) is 2.24.